The summed E-state index contributed by atoms with van der Waals surface area (Å²) in [6, 6.07) is 4.68. The minimum Gasteiger partial charge on any atom is -0.380 e. The molecule has 0 aliphatic carbocycles. The van der Waals surface area contributed by atoms with E-state index in [4.69, 9.17) is 4.74 Å². The van der Waals surface area contributed by atoms with Crippen LogP contribution in [0.4, 0.5) is 23.7 Å². The Morgan fingerprint density at radius 2 is 2.00 bits per heavy atom. The van der Waals surface area contributed by atoms with E-state index in [1.807, 2.05) is 0 Å². The van der Waals surface area contributed by atoms with Gasteiger partial charge in [-0.3, -0.25) is 4.90 Å². The highest BCUT2D eigenvalue weighted by Crippen LogP contribution is 2.30. The Hall–Kier alpha value is -1.80. The number of carbonyl (C=O) groups excluding carboxylic acids is 1. The number of anilines is 1. The van der Waals surface area contributed by atoms with Gasteiger partial charge in [0.2, 0.25) is 0 Å². The van der Waals surface area contributed by atoms with Crippen LogP contribution in [-0.4, -0.2) is 49.8 Å². The second-order valence-electron chi connectivity index (χ2n) is 6.91. The zero-order chi connectivity index (χ0) is 18.6. The number of nitrogens with zero attached hydrogens (tertiary/aromatic N) is 1. The number of amides is 2. The molecule has 2 aliphatic rings. The molecular formula is C18H24F3N3O2. The Morgan fingerprint density at radius 1 is 1.23 bits per heavy atom. The number of nitrogens with one attached hydrogen (secondary N) is 2. The number of ether oxygens (including phenoxy) is 1. The first-order chi connectivity index (χ1) is 12.4. The molecule has 2 heterocycles. The van der Waals surface area contributed by atoms with Crippen LogP contribution in [0.1, 0.15) is 24.8 Å². The number of alkyl halides is 3. The summed E-state index contributed by atoms with van der Waals surface area (Å²) in [4.78, 5) is 14.4. The summed E-state index contributed by atoms with van der Waals surface area (Å²) >= 11 is 0. The molecule has 2 amide bonds. The van der Waals surface area contributed by atoms with Crippen LogP contribution >= 0.6 is 0 Å². The minimum atomic E-state index is -4.42. The lowest BCUT2D eigenvalue weighted by atomic mass is 9.95. The third kappa shape index (κ3) is 5.11. The maximum atomic E-state index is 12.7. The average molecular weight is 371 g/mol. The lowest BCUT2D eigenvalue weighted by molar-refractivity contribution is -0.137. The van der Waals surface area contributed by atoms with Gasteiger partial charge in [0, 0.05) is 24.9 Å². The van der Waals surface area contributed by atoms with Crippen LogP contribution in [0.15, 0.2) is 24.3 Å². The summed E-state index contributed by atoms with van der Waals surface area (Å²) in [7, 11) is 0. The van der Waals surface area contributed by atoms with Gasteiger partial charge in [0.25, 0.3) is 0 Å². The first kappa shape index (κ1) is 19.0. The number of hydrogen-bond donors (Lipinski definition) is 2. The van der Waals surface area contributed by atoms with Crippen molar-refractivity contribution in [2.75, 3.05) is 38.2 Å². The third-order valence-corrected chi connectivity index (χ3v) is 5.07. The molecule has 3 rings (SSSR count). The van der Waals surface area contributed by atoms with Gasteiger partial charge in [-0.05, 0) is 56.5 Å². The van der Waals surface area contributed by atoms with Crippen molar-refractivity contribution in [1.82, 2.24) is 10.2 Å². The maximum absolute atomic E-state index is 12.7. The molecule has 5 nitrogen and oxygen atoms in total. The Morgan fingerprint density at radius 3 is 2.65 bits per heavy atom. The molecule has 8 heteroatoms. The number of carbonyl (C=O) groups is 1. The first-order valence-electron chi connectivity index (χ1n) is 8.96. The van der Waals surface area contributed by atoms with Crippen molar-refractivity contribution >= 4 is 11.7 Å². The molecule has 0 spiro atoms. The van der Waals surface area contributed by atoms with E-state index >= 15 is 0 Å². The largest absolute Gasteiger partial charge is 0.416 e. The number of hydrogen-bond acceptors (Lipinski definition) is 3. The molecule has 2 fully saturated rings. The lowest BCUT2D eigenvalue weighted by Gasteiger charge is -2.35. The van der Waals surface area contributed by atoms with Crippen molar-refractivity contribution < 1.29 is 22.7 Å². The Labute approximate surface area is 150 Å². The SMILES string of the molecule is O=C(NCC1CCN([C@@H]2CCOC2)CC1)Nc1cccc(C(F)(F)F)c1. The quantitative estimate of drug-likeness (QED) is 0.854. The fraction of sp³-hybridized carbons (Fsp3) is 0.611. The van der Waals surface area contributed by atoms with Crippen LogP contribution in [0, 0.1) is 5.92 Å². The van der Waals surface area contributed by atoms with Gasteiger partial charge >= 0.3 is 12.2 Å². The van der Waals surface area contributed by atoms with Crippen molar-refractivity contribution in [3.8, 4) is 0 Å². The van der Waals surface area contributed by atoms with Crippen LogP contribution in [-0.2, 0) is 10.9 Å². The maximum Gasteiger partial charge on any atom is 0.416 e. The number of urea groups is 1. The highest BCUT2D eigenvalue weighted by molar-refractivity contribution is 5.89. The molecule has 0 bridgehead atoms. The Bertz CT molecular complexity index is 610. The Kier molecular flexibility index (Phi) is 6.03. The van der Waals surface area contributed by atoms with Crippen molar-refractivity contribution in [2.24, 2.45) is 5.92 Å². The number of likely N-dealkylation sites (tertiary alicyclic amines) is 1. The molecular weight excluding hydrogens is 347 g/mol. The number of benzene rings is 1. The highest BCUT2D eigenvalue weighted by atomic mass is 19.4. The normalized spacial score (nSPS) is 22.3. The predicted molar refractivity (Wildman–Crippen MR) is 92.0 cm³/mol. The number of rotatable bonds is 4. The lowest BCUT2D eigenvalue weighted by Crippen LogP contribution is -2.44. The van der Waals surface area contributed by atoms with E-state index in [9.17, 15) is 18.0 Å². The topological polar surface area (TPSA) is 53.6 Å². The molecule has 0 aromatic heterocycles. The summed E-state index contributed by atoms with van der Waals surface area (Å²) in [6.07, 6.45) is -1.34. The summed E-state index contributed by atoms with van der Waals surface area (Å²) in [5, 5.41) is 5.24. The summed E-state index contributed by atoms with van der Waals surface area (Å²) in [6.45, 7) is 4.16. The Balaban J connectivity index is 1.41. The van der Waals surface area contributed by atoms with E-state index in [2.05, 4.69) is 15.5 Å². The third-order valence-electron chi connectivity index (χ3n) is 5.07. The van der Waals surface area contributed by atoms with Gasteiger partial charge in [-0.2, -0.15) is 13.2 Å². The van der Waals surface area contributed by atoms with Crippen molar-refractivity contribution in [1.29, 1.82) is 0 Å². The van der Waals surface area contributed by atoms with Gasteiger partial charge in [-0.25, -0.2) is 4.79 Å². The fourth-order valence-corrected chi connectivity index (χ4v) is 3.52. The van der Waals surface area contributed by atoms with Crippen LogP contribution in [0.2, 0.25) is 0 Å². The molecule has 2 aliphatic heterocycles. The summed E-state index contributed by atoms with van der Waals surface area (Å²) in [5.41, 5.74) is -0.646. The molecule has 1 atom stereocenters. The molecule has 0 saturated carbocycles. The molecule has 144 valence electrons. The van der Waals surface area contributed by atoms with Crippen molar-refractivity contribution in [2.45, 2.75) is 31.5 Å². The van der Waals surface area contributed by atoms with Gasteiger partial charge in [-0.1, -0.05) is 6.07 Å². The van der Waals surface area contributed by atoms with Crippen molar-refractivity contribution in [3.05, 3.63) is 29.8 Å². The summed E-state index contributed by atoms with van der Waals surface area (Å²) in [5.74, 6) is 0.390. The van der Waals surface area contributed by atoms with E-state index in [-0.39, 0.29) is 5.69 Å². The molecule has 2 N–H and O–H groups in total. The van der Waals surface area contributed by atoms with Crippen LogP contribution in [0.5, 0.6) is 0 Å². The zero-order valence-electron chi connectivity index (χ0n) is 14.5. The van der Waals surface area contributed by atoms with Crippen molar-refractivity contribution in [3.63, 3.8) is 0 Å². The molecule has 0 radical (unpaired) electrons. The second-order valence-corrected chi connectivity index (χ2v) is 6.91. The standard InChI is InChI=1S/C18H24F3N3O2/c19-18(20,21)14-2-1-3-15(10-14)23-17(25)22-11-13-4-7-24(8-5-13)16-6-9-26-12-16/h1-3,10,13,16H,4-9,11-12H2,(H2,22,23,25)/t16-/m1/s1. The van der Waals surface area contributed by atoms with Gasteiger partial charge in [0.05, 0.1) is 12.2 Å². The highest BCUT2D eigenvalue weighted by Gasteiger charge is 2.30. The second kappa shape index (κ2) is 8.26. The molecule has 1 aromatic carbocycles. The number of piperidine rings is 1. The molecule has 26 heavy (non-hydrogen) atoms. The fourth-order valence-electron chi connectivity index (χ4n) is 3.52. The number of halogens is 3. The predicted octanol–water partition coefficient (Wildman–Crippen LogP) is 3.33. The first-order valence-corrected chi connectivity index (χ1v) is 8.96. The summed E-state index contributed by atoms with van der Waals surface area (Å²) < 4.78 is 43.5. The average Bonchev–Trinajstić information content (AvgIpc) is 3.14. The van der Waals surface area contributed by atoms with Crippen LogP contribution in [0.25, 0.3) is 0 Å². The zero-order valence-corrected chi connectivity index (χ0v) is 14.5. The molecule has 1 aromatic rings. The van der Waals surface area contributed by atoms with E-state index < -0.39 is 17.8 Å². The monoisotopic (exact) mass is 371 g/mol. The van der Waals surface area contributed by atoms with Crippen LogP contribution < -0.4 is 10.6 Å². The smallest absolute Gasteiger partial charge is 0.380 e. The molecule has 2 saturated heterocycles. The minimum absolute atomic E-state index is 0.133. The van der Waals surface area contributed by atoms with E-state index in [1.54, 1.807) is 0 Å². The van der Waals surface area contributed by atoms with Crippen LogP contribution in [0.3, 0.4) is 0 Å². The van der Waals surface area contributed by atoms with Gasteiger partial charge in [0.15, 0.2) is 0 Å². The van der Waals surface area contributed by atoms with Gasteiger partial charge in [0.1, 0.15) is 0 Å². The van der Waals surface area contributed by atoms with E-state index in [1.165, 1.54) is 12.1 Å². The van der Waals surface area contributed by atoms with Gasteiger partial charge < -0.3 is 15.4 Å². The van der Waals surface area contributed by atoms with E-state index in [0.29, 0.717) is 18.5 Å². The molecule has 0 unspecified atom stereocenters. The van der Waals surface area contributed by atoms with Gasteiger partial charge in [-0.15, -0.1) is 0 Å². The van der Waals surface area contributed by atoms with E-state index in [0.717, 1.165) is 57.7 Å².